The average Bonchev–Trinajstić information content (AvgIpc) is 3.25. The van der Waals surface area contributed by atoms with Crippen molar-refractivity contribution in [1.82, 2.24) is 9.88 Å². The Labute approximate surface area is 224 Å². The first-order valence-corrected chi connectivity index (χ1v) is 12.6. The van der Waals surface area contributed by atoms with Crippen LogP contribution in [0.15, 0.2) is 59.4 Å². The van der Waals surface area contributed by atoms with Gasteiger partial charge in [-0.25, -0.2) is 0 Å². The highest BCUT2D eigenvalue weighted by molar-refractivity contribution is 7.07. The number of rotatable bonds is 9. The van der Waals surface area contributed by atoms with Crippen LogP contribution in [-0.4, -0.2) is 43.6 Å². The summed E-state index contributed by atoms with van der Waals surface area (Å²) in [5.74, 6) is 1.56. The number of aromatic nitrogens is 1. The van der Waals surface area contributed by atoms with Crippen LogP contribution < -0.4 is 35.2 Å². The van der Waals surface area contributed by atoms with Crippen molar-refractivity contribution in [3.8, 4) is 18.4 Å². The molecule has 0 saturated heterocycles. The Morgan fingerprint density at radius 1 is 1.13 bits per heavy atom. The molecule has 0 unspecified atom stereocenters. The molecular weight excluding hydrogens is 500 g/mol. The maximum absolute atomic E-state index is 12.9. The third-order valence-corrected chi connectivity index (χ3v) is 6.80. The zero-order valence-electron chi connectivity index (χ0n) is 21.4. The number of terminal acetylenes is 1. The highest BCUT2D eigenvalue weighted by Crippen LogP contribution is 2.19. The van der Waals surface area contributed by atoms with Crippen LogP contribution in [0.3, 0.4) is 0 Å². The molecule has 0 atom stereocenters. The molecular formula is C28H28N6O3S. The van der Waals surface area contributed by atoms with Crippen molar-refractivity contribution in [2.45, 2.75) is 13.5 Å². The lowest BCUT2D eigenvalue weighted by atomic mass is 10.2. The first-order chi connectivity index (χ1) is 18.3. The lowest BCUT2D eigenvalue weighted by molar-refractivity contribution is -0.117. The summed E-state index contributed by atoms with van der Waals surface area (Å²) in [7, 11) is 3.57. The van der Waals surface area contributed by atoms with Crippen molar-refractivity contribution in [3.05, 3.63) is 74.1 Å². The zero-order valence-corrected chi connectivity index (χ0v) is 22.2. The fourth-order valence-electron chi connectivity index (χ4n) is 3.59. The average molecular weight is 529 g/mol. The molecule has 0 radical (unpaired) electrons. The summed E-state index contributed by atoms with van der Waals surface area (Å²) in [4.78, 5) is 41.6. The second-order valence-electron chi connectivity index (χ2n) is 8.18. The molecule has 3 aromatic rings. The van der Waals surface area contributed by atoms with E-state index in [4.69, 9.17) is 6.42 Å². The van der Waals surface area contributed by atoms with Crippen LogP contribution >= 0.6 is 11.3 Å². The van der Waals surface area contributed by atoms with Gasteiger partial charge in [-0.3, -0.25) is 19.0 Å². The Hall–Kier alpha value is -4.80. The van der Waals surface area contributed by atoms with Crippen LogP contribution in [0.2, 0.25) is 0 Å². The molecule has 2 aromatic carbocycles. The highest BCUT2D eigenvalue weighted by atomic mass is 32.1. The monoisotopic (exact) mass is 528 g/mol. The van der Waals surface area contributed by atoms with Gasteiger partial charge in [0.15, 0.2) is 5.57 Å². The van der Waals surface area contributed by atoms with Gasteiger partial charge >= 0.3 is 0 Å². The van der Waals surface area contributed by atoms with Crippen LogP contribution in [0.4, 0.5) is 17.1 Å². The second-order valence-corrected chi connectivity index (χ2v) is 9.21. The van der Waals surface area contributed by atoms with Crippen LogP contribution in [0, 0.1) is 23.7 Å². The number of benzene rings is 2. The lowest BCUT2D eigenvalue weighted by Crippen LogP contribution is -2.36. The molecule has 0 saturated carbocycles. The molecule has 1 aromatic heterocycles. The Morgan fingerprint density at radius 3 is 2.50 bits per heavy atom. The minimum Gasteiger partial charge on any atom is -0.365 e. The molecule has 9 nitrogen and oxygen atoms in total. The minimum atomic E-state index is -0.633. The van der Waals surface area contributed by atoms with Gasteiger partial charge in [-0.2, -0.15) is 5.26 Å². The number of anilines is 3. The Balaban J connectivity index is 1.85. The number of hydrogen-bond acceptors (Lipinski definition) is 7. The molecule has 2 amide bonds. The SMILES string of the molecule is C#CCNC(=O)/C(C#N)=c1\s/c(=C/Nc2cccc(N(C)C(=O)CN(C)c3ccccc3)c2)c(=O)n1CC. The van der Waals surface area contributed by atoms with Gasteiger partial charge in [0.25, 0.3) is 11.5 Å². The third-order valence-electron chi connectivity index (χ3n) is 5.67. The first kappa shape index (κ1) is 27.8. The maximum Gasteiger partial charge on any atom is 0.270 e. The molecule has 0 spiro atoms. The first-order valence-electron chi connectivity index (χ1n) is 11.8. The van der Waals surface area contributed by atoms with Crippen LogP contribution in [0.1, 0.15) is 6.92 Å². The summed E-state index contributed by atoms with van der Waals surface area (Å²) in [5.41, 5.74) is 1.78. The topological polar surface area (TPSA) is 110 Å². The molecule has 2 N–H and O–H groups in total. The quantitative estimate of drug-likeness (QED) is 0.405. The number of nitriles is 1. The maximum atomic E-state index is 12.9. The third kappa shape index (κ3) is 6.49. The molecule has 38 heavy (non-hydrogen) atoms. The standard InChI is InChI=1S/C28H28N6O3S/c1-5-15-30-26(36)23(17-29)28-34(6-2)27(37)24(38-28)18-31-20-11-10-14-22(16-20)33(4)25(35)19-32(3)21-12-8-7-9-13-21/h1,7-14,16,18,31H,6,15,19H2,2-4H3,(H,30,36)/b24-18+,28-23-. The van der Waals surface area contributed by atoms with E-state index in [0.29, 0.717) is 15.9 Å². The Bertz CT molecular complexity index is 1580. The predicted octanol–water partition coefficient (Wildman–Crippen LogP) is 1.30. The molecule has 194 valence electrons. The fourth-order valence-corrected chi connectivity index (χ4v) is 4.67. The van der Waals surface area contributed by atoms with E-state index in [1.54, 1.807) is 37.1 Å². The number of thiazole rings is 1. The van der Waals surface area contributed by atoms with E-state index in [2.05, 4.69) is 16.6 Å². The largest absolute Gasteiger partial charge is 0.365 e. The number of para-hydroxylation sites is 1. The minimum absolute atomic E-state index is 0.0257. The number of hydrogen-bond donors (Lipinski definition) is 2. The van der Waals surface area contributed by atoms with E-state index in [1.165, 1.54) is 10.8 Å². The summed E-state index contributed by atoms with van der Waals surface area (Å²) in [6.07, 6.45) is 6.71. The molecule has 0 aliphatic heterocycles. The van der Waals surface area contributed by atoms with Crippen LogP contribution in [-0.2, 0) is 16.1 Å². The van der Waals surface area contributed by atoms with Gasteiger partial charge in [0.1, 0.15) is 15.3 Å². The number of amides is 2. The lowest BCUT2D eigenvalue weighted by Gasteiger charge is -2.23. The van der Waals surface area contributed by atoms with Gasteiger partial charge < -0.3 is 20.4 Å². The van der Waals surface area contributed by atoms with Crippen molar-refractivity contribution >= 4 is 52.0 Å². The summed E-state index contributed by atoms with van der Waals surface area (Å²) in [6.45, 7) is 2.22. The van der Waals surface area contributed by atoms with Gasteiger partial charge in [-0.15, -0.1) is 17.8 Å². The normalized spacial score (nSPS) is 11.7. The smallest absolute Gasteiger partial charge is 0.270 e. The van der Waals surface area contributed by atoms with Gasteiger partial charge in [0.2, 0.25) is 5.91 Å². The van der Waals surface area contributed by atoms with E-state index >= 15 is 0 Å². The summed E-state index contributed by atoms with van der Waals surface area (Å²) < 4.78 is 1.95. The number of nitrogens with one attached hydrogen (secondary N) is 2. The van der Waals surface area contributed by atoms with E-state index in [1.807, 2.05) is 54.4 Å². The zero-order chi connectivity index (χ0) is 27.7. The van der Waals surface area contributed by atoms with Crippen LogP contribution in [0.25, 0.3) is 11.8 Å². The number of carbonyl (C=O) groups is 2. The Kier molecular flexibility index (Phi) is 9.47. The summed E-state index contributed by atoms with van der Waals surface area (Å²) >= 11 is 1.03. The van der Waals surface area contributed by atoms with E-state index in [9.17, 15) is 19.6 Å². The van der Waals surface area contributed by atoms with Crippen LogP contribution in [0.5, 0.6) is 0 Å². The Morgan fingerprint density at radius 2 is 1.84 bits per heavy atom. The summed E-state index contributed by atoms with van der Waals surface area (Å²) in [6, 6.07) is 18.8. The number of likely N-dealkylation sites (N-methyl/N-ethyl adjacent to an activating group) is 2. The van der Waals surface area contributed by atoms with Crippen molar-refractivity contribution in [2.75, 3.05) is 42.3 Å². The van der Waals surface area contributed by atoms with Gasteiger partial charge in [0.05, 0.1) is 13.1 Å². The van der Waals surface area contributed by atoms with Gasteiger partial charge in [0, 0.05) is 43.9 Å². The molecule has 10 heteroatoms. The van der Waals surface area contributed by atoms with E-state index < -0.39 is 5.91 Å². The van der Waals surface area contributed by atoms with Crippen molar-refractivity contribution < 1.29 is 9.59 Å². The number of nitrogens with zero attached hydrogens (tertiary/aromatic N) is 4. The van der Waals surface area contributed by atoms with Crippen molar-refractivity contribution in [2.24, 2.45) is 0 Å². The van der Waals surface area contributed by atoms with E-state index in [-0.39, 0.29) is 41.3 Å². The fraction of sp³-hybridized carbons (Fsp3) is 0.214. The molecule has 0 aliphatic rings. The van der Waals surface area contributed by atoms with Crippen molar-refractivity contribution in [3.63, 3.8) is 0 Å². The van der Waals surface area contributed by atoms with Gasteiger partial charge in [-0.05, 0) is 37.3 Å². The van der Waals surface area contributed by atoms with Gasteiger partial charge in [-0.1, -0.05) is 30.2 Å². The molecule has 0 aliphatic carbocycles. The number of carbonyl (C=O) groups excluding carboxylic acids is 2. The predicted molar refractivity (Wildman–Crippen MR) is 152 cm³/mol. The van der Waals surface area contributed by atoms with Crippen molar-refractivity contribution in [1.29, 1.82) is 5.26 Å². The molecule has 3 rings (SSSR count). The van der Waals surface area contributed by atoms with E-state index in [0.717, 1.165) is 17.0 Å². The highest BCUT2D eigenvalue weighted by Gasteiger charge is 2.16. The molecule has 0 bridgehead atoms. The summed E-state index contributed by atoms with van der Waals surface area (Å²) in [5, 5.41) is 15.1. The molecule has 1 heterocycles. The molecule has 0 fully saturated rings. The second kappa shape index (κ2) is 12.9.